The maximum Gasteiger partial charge on any atom is 0.416 e. The van der Waals surface area contributed by atoms with Crippen molar-refractivity contribution >= 4 is 46.4 Å². The van der Waals surface area contributed by atoms with Crippen LogP contribution in [0.25, 0.3) is 16.9 Å². The van der Waals surface area contributed by atoms with Crippen molar-refractivity contribution in [3.05, 3.63) is 39.2 Å². The molecule has 0 radical (unpaired) electrons. The molecule has 0 bridgehead atoms. The van der Waals surface area contributed by atoms with Gasteiger partial charge >= 0.3 is 6.18 Å². The van der Waals surface area contributed by atoms with Crippen molar-refractivity contribution in [3.63, 3.8) is 0 Å². The molecule has 11 heteroatoms. The summed E-state index contributed by atoms with van der Waals surface area (Å²) in [4.78, 5) is 10.4. The average Bonchev–Trinajstić information content (AvgIpc) is 3.09. The van der Waals surface area contributed by atoms with Crippen LogP contribution in [0.2, 0.25) is 15.2 Å². The number of piperidine rings is 1. The molecule has 1 aliphatic heterocycles. The first-order valence-electron chi connectivity index (χ1n) is 8.87. The van der Waals surface area contributed by atoms with Gasteiger partial charge in [-0.3, -0.25) is 0 Å². The lowest BCUT2D eigenvalue weighted by molar-refractivity contribution is -0.137. The van der Waals surface area contributed by atoms with E-state index in [9.17, 15) is 13.2 Å². The topological polar surface area (TPSA) is 46.3 Å². The van der Waals surface area contributed by atoms with Crippen LogP contribution in [0.1, 0.15) is 25.3 Å². The molecule has 0 spiro atoms. The van der Waals surface area contributed by atoms with Gasteiger partial charge in [-0.15, -0.1) is 0 Å². The van der Waals surface area contributed by atoms with Crippen LogP contribution in [0.5, 0.6) is 0 Å². The summed E-state index contributed by atoms with van der Waals surface area (Å²) >= 11 is 19.0. The van der Waals surface area contributed by atoms with Gasteiger partial charge in [-0.2, -0.15) is 32.8 Å². The molecule has 1 fully saturated rings. The van der Waals surface area contributed by atoms with E-state index in [0.29, 0.717) is 17.3 Å². The Morgan fingerprint density at radius 3 is 2.24 bits per heavy atom. The van der Waals surface area contributed by atoms with Crippen LogP contribution in [0, 0.1) is 5.92 Å². The van der Waals surface area contributed by atoms with E-state index < -0.39 is 11.7 Å². The van der Waals surface area contributed by atoms with Crippen molar-refractivity contribution < 1.29 is 13.2 Å². The molecule has 2 aromatic heterocycles. The highest BCUT2D eigenvalue weighted by Gasteiger charge is 2.34. The van der Waals surface area contributed by atoms with Gasteiger partial charge in [-0.05, 0) is 30.9 Å². The van der Waals surface area contributed by atoms with Crippen LogP contribution in [0.3, 0.4) is 0 Å². The molecule has 0 aliphatic carbocycles. The fourth-order valence-corrected chi connectivity index (χ4v) is 4.44. The maximum absolute atomic E-state index is 13.1. The highest BCUT2D eigenvalue weighted by atomic mass is 35.5. The minimum atomic E-state index is -4.57. The molecule has 5 nitrogen and oxygen atoms in total. The molecular formula is C18H15Cl3F3N5. The third-order valence-corrected chi connectivity index (χ3v) is 5.93. The van der Waals surface area contributed by atoms with Crippen molar-refractivity contribution in [2.24, 2.45) is 5.92 Å². The Labute approximate surface area is 179 Å². The third kappa shape index (κ3) is 3.73. The first-order valence-corrected chi connectivity index (χ1v) is 10.0. The van der Waals surface area contributed by atoms with Gasteiger partial charge in [0.05, 0.1) is 21.2 Å². The number of anilines is 1. The summed E-state index contributed by atoms with van der Waals surface area (Å²) in [6.07, 6.45) is -1.34. The van der Waals surface area contributed by atoms with Crippen molar-refractivity contribution in [3.8, 4) is 11.1 Å². The van der Waals surface area contributed by atoms with Crippen LogP contribution in [-0.4, -0.2) is 32.7 Å². The predicted octanol–water partition coefficient (Wildman–Crippen LogP) is 6.01. The number of alkyl halides is 3. The molecular weight excluding hydrogens is 450 g/mol. The lowest BCUT2D eigenvalue weighted by Crippen LogP contribution is -2.35. The molecule has 4 rings (SSSR count). The van der Waals surface area contributed by atoms with Crippen molar-refractivity contribution in [1.29, 1.82) is 0 Å². The van der Waals surface area contributed by atoms with Crippen LogP contribution in [0.15, 0.2) is 18.5 Å². The second-order valence-corrected chi connectivity index (χ2v) is 8.23. The highest BCUT2D eigenvalue weighted by Crippen LogP contribution is 2.46. The summed E-state index contributed by atoms with van der Waals surface area (Å²) in [7, 11) is 0. The van der Waals surface area contributed by atoms with Crippen LogP contribution in [-0.2, 0) is 6.18 Å². The summed E-state index contributed by atoms with van der Waals surface area (Å²) in [5.41, 5.74) is -0.414. The van der Waals surface area contributed by atoms with Gasteiger partial charge in [0.1, 0.15) is 17.3 Å². The van der Waals surface area contributed by atoms with E-state index in [1.165, 1.54) is 10.8 Å². The molecule has 3 heterocycles. The van der Waals surface area contributed by atoms with Crippen LogP contribution < -0.4 is 4.90 Å². The van der Waals surface area contributed by atoms with E-state index >= 15 is 0 Å². The fourth-order valence-electron chi connectivity index (χ4n) is 3.51. The van der Waals surface area contributed by atoms with Gasteiger partial charge in [-0.1, -0.05) is 41.7 Å². The van der Waals surface area contributed by atoms with Gasteiger partial charge < -0.3 is 4.90 Å². The Bertz CT molecular complexity index is 1050. The molecule has 1 aliphatic rings. The number of benzene rings is 1. The summed E-state index contributed by atoms with van der Waals surface area (Å²) in [5, 5.41) is 3.94. The molecule has 29 heavy (non-hydrogen) atoms. The minimum absolute atomic E-state index is 0.0441. The molecule has 0 unspecified atom stereocenters. The zero-order valence-corrected chi connectivity index (χ0v) is 17.4. The molecule has 1 saturated heterocycles. The zero-order chi connectivity index (χ0) is 20.9. The summed E-state index contributed by atoms with van der Waals surface area (Å²) in [6.45, 7) is 3.62. The summed E-state index contributed by atoms with van der Waals surface area (Å²) in [6, 6.07) is 1.68. The lowest BCUT2D eigenvalue weighted by Gasteiger charge is -2.33. The minimum Gasteiger partial charge on any atom is -0.356 e. The largest absolute Gasteiger partial charge is 0.416 e. The number of hydrogen-bond acceptors (Lipinski definition) is 4. The predicted molar refractivity (Wildman–Crippen MR) is 107 cm³/mol. The smallest absolute Gasteiger partial charge is 0.356 e. The van der Waals surface area contributed by atoms with Gasteiger partial charge in [-0.25, -0.2) is 0 Å². The van der Waals surface area contributed by atoms with E-state index in [0.717, 1.165) is 38.1 Å². The second kappa shape index (κ2) is 7.49. The van der Waals surface area contributed by atoms with E-state index in [1.54, 1.807) is 0 Å². The fraction of sp³-hybridized carbons (Fsp3) is 0.389. The van der Waals surface area contributed by atoms with Crippen LogP contribution in [0.4, 0.5) is 19.0 Å². The van der Waals surface area contributed by atoms with Gasteiger partial charge in [0.2, 0.25) is 0 Å². The van der Waals surface area contributed by atoms with Gasteiger partial charge in [0, 0.05) is 18.7 Å². The lowest BCUT2D eigenvalue weighted by atomic mass is 9.98. The molecule has 3 aromatic rings. The highest BCUT2D eigenvalue weighted by molar-refractivity contribution is 6.41. The third-order valence-electron chi connectivity index (χ3n) is 5.06. The van der Waals surface area contributed by atoms with E-state index in [-0.39, 0.29) is 26.5 Å². The van der Waals surface area contributed by atoms with Crippen molar-refractivity contribution in [2.75, 3.05) is 18.0 Å². The van der Waals surface area contributed by atoms with Gasteiger partial charge in [0.15, 0.2) is 0 Å². The molecule has 1 aromatic carbocycles. The maximum atomic E-state index is 13.1. The zero-order valence-electron chi connectivity index (χ0n) is 15.1. The molecule has 0 atom stereocenters. The van der Waals surface area contributed by atoms with Gasteiger partial charge in [0.25, 0.3) is 5.78 Å². The van der Waals surface area contributed by atoms with Crippen molar-refractivity contribution in [1.82, 2.24) is 19.6 Å². The van der Waals surface area contributed by atoms with Crippen LogP contribution >= 0.6 is 34.8 Å². The summed E-state index contributed by atoms with van der Waals surface area (Å²) in [5.74, 6) is 1.41. The Hall–Kier alpha value is -1.77. The standard InChI is InChI=1S/C18H15Cl3F3N5/c1-9-2-4-28(5-3-9)16-14(15(21)27-17-25-8-26-29(16)17)13-11(19)6-10(7-12(13)20)18(22,23)24/h6-9H,2-5H2,1H3. The average molecular weight is 465 g/mol. The number of nitrogens with zero attached hydrogens (tertiary/aromatic N) is 5. The van der Waals surface area contributed by atoms with E-state index in [1.807, 2.05) is 0 Å². The number of halogens is 6. The SMILES string of the molecule is CC1CCN(c2c(-c3c(Cl)cc(C(F)(F)F)cc3Cl)c(Cl)nc3ncnn23)CC1. The Balaban J connectivity index is 1.97. The van der Waals surface area contributed by atoms with Crippen molar-refractivity contribution in [2.45, 2.75) is 25.9 Å². The first-order chi connectivity index (χ1) is 13.7. The Morgan fingerprint density at radius 2 is 1.66 bits per heavy atom. The first kappa shape index (κ1) is 20.5. The molecule has 0 amide bonds. The molecule has 0 saturated carbocycles. The van der Waals surface area contributed by atoms with E-state index in [2.05, 4.69) is 26.9 Å². The number of rotatable bonds is 2. The van der Waals surface area contributed by atoms with E-state index in [4.69, 9.17) is 34.8 Å². The number of fused-ring (bicyclic) bond motifs is 1. The second-order valence-electron chi connectivity index (χ2n) is 7.06. The Kier molecular flexibility index (Phi) is 5.29. The normalized spacial score (nSPS) is 16.0. The number of hydrogen-bond donors (Lipinski definition) is 0. The summed E-state index contributed by atoms with van der Waals surface area (Å²) < 4.78 is 41.0. The quantitative estimate of drug-likeness (QED) is 0.436. The molecule has 154 valence electrons. The molecule has 0 N–H and O–H groups in total. The number of aromatic nitrogens is 4. The monoisotopic (exact) mass is 463 g/mol. The Morgan fingerprint density at radius 1 is 1.03 bits per heavy atom.